The number of amides is 1. The zero-order valence-corrected chi connectivity index (χ0v) is 18.3. The number of ether oxygens (including phenoxy) is 3. The zero-order valence-electron chi connectivity index (χ0n) is 18.3. The molecule has 0 radical (unpaired) electrons. The number of unbranched alkanes of at least 4 members (excludes halogenated alkanes) is 1. The number of benzene rings is 3. The molecular formula is C26H23NO6. The van der Waals surface area contributed by atoms with Gasteiger partial charge in [0.2, 0.25) is 0 Å². The highest BCUT2D eigenvalue weighted by Gasteiger charge is 2.53. The minimum absolute atomic E-state index is 0.0174. The Bertz CT molecular complexity index is 1280. The second-order valence-electron chi connectivity index (χ2n) is 8.09. The highest BCUT2D eigenvalue weighted by atomic mass is 16.6. The minimum Gasteiger partial charge on any atom is -0.508 e. The van der Waals surface area contributed by atoms with Crippen molar-refractivity contribution in [3.63, 3.8) is 0 Å². The van der Waals surface area contributed by atoms with Crippen LogP contribution in [0.15, 0.2) is 54.6 Å². The number of carbonyl (C=O) groups is 2. The molecule has 3 aromatic rings. The predicted molar refractivity (Wildman–Crippen MR) is 120 cm³/mol. The summed E-state index contributed by atoms with van der Waals surface area (Å²) in [5.41, 5.74) is 1.21. The fourth-order valence-electron chi connectivity index (χ4n) is 4.44. The molecule has 2 aliphatic heterocycles. The minimum atomic E-state index is -1.32. The molecule has 33 heavy (non-hydrogen) atoms. The molecule has 2 aliphatic rings. The number of rotatable bonds is 5. The van der Waals surface area contributed by atoms with Crippen molar-refractivity contribution in [3.05, 3.63) is 82.4 Å². The molecule has 7 heteroatoms. The van der Waals surface area contributed by atoms with Crippen LogP contribution in [0.25, 0.3) is 0 Å². The lowest BCUT2D eigenvalue weighted by molar-refractivity contribution is 0.0224. The van der Waals surface area contributed by atoms with Gasteiger partial charge in [-0.3, -0.25) is 4.79 Å². The van der Waals surface area contributed by atoms with Crippen LogP contribution in [-0.2, 0) is 10.3 Å². The number of fused-ring (bicyclic) bond motifs is 6. The number of hydrogen-bond acceptors (Lipinski definition) is 6. The van der Waals surface area contributed by atoms with Gasteiger partial charge in [0.15, 0.2) is 5.60 Å². The van der Waals surface area contributed by atoms with Crippen LogP contribution < -0.4 is 14.8 Å². The topological polar surface area (TPSA) is 94.1 Å². The highest BCUT2D eigenvalue weighted by Crippen LogP contribution is 2.57. The van der Waals surface area contributed by atoms with E-state index in [4.69, 9.17) is 14.2 Å². The van der Waals surface area contributed by atoms with Crippen molar-refractivity contribution in [2.45, 2.75) is 25.4 Å². The van der Waals surface area contributed by atoms with Gasteiger partial charge in [-0.25, -0.2) is 4.79 Å². The standard InChI is InChI=1S/C26H23NO6/c1-3-4-11-27-24(29)15-5-8-18-21(12-15)26(33-25(18)30)19-9-6-16(28)13-22(19)32-23-14-17(31-2)7-10-20(23)26/h5-10,12-14,28H,3-4,11H2,1-2H3,(H,27,29). The Labute approximate surface area is 190 Å². The molecule has 1 unspecified atom stereocenters. The second-order valence-corrected chi connectivity index (χ2v) is 8.09. The van der Waals surface area contributed by atoms with Crippen LogP contribution in [0.4, 0.5) is 0 Å². The largest absolute Gasteiger partial charge is 0.508 e. The lowest BCUT2D eigenvalue weighted by Gasteiger charge is -2.36. The molecule has 2 heterocycles. The Balaban J connectivity index is 1.72. The molecule has 0 aromatic heterocycles. The molecule has 0 saturated heterocycles. The monoisotopic (exact) mass is 445 g/mol. The molecule has 5 rings (SSSR count). The quantitative estimate of drug-likeness (QED) is 0.444. The lowest BCUT2D eigenvalue weighted by atomic mass is 9.77. The van der Waals surface area contributed by atoms with E-state index in [1.165, 1.54) is 12.1 Å². The van der Waals surface area contributed by atoms with Gasteiger partial charge in [-0.1, -0.05) is 13.3 Å². The summed E-state index contributed by atoms with van der Waals surface area (Å²) >= 11 is 0. The molecule has 168 valence electrons. The number of phenolic OH excluding ortho intramolecular Hbond substituents is 1. The van der Waals surface area contributed by atoms with Gasteiger partial charge in [-0.05, 0) is 48.9 Å². The molecule has 2 N–H and O–H groups in total. The summed E-state index contributed by atoms with van der Waals surface area (Å²) in [4.78, 5) is 25.8. The second kappa shape index (κ2) is 7.85. The van der Waals surface area contributed by atoms with Crippen molar-refractivity contribution in [1.29, 1.82) is 0 Å². The van der Waals surface area contributed by atoms with Crippen LogP contribution in [0.1, 0.15) is 57.2 Å². The number of nitrogens with one attached hydrogen (secondary N) is 1. The van der Waals surface area contributed by atoms with Crippen molar-refractivity contribution >= 4 is 11.9 Å². The normalized spacial score (nSPS) is 17.5. The summed E-state index contributed by atoms with van der Waals surface area (Å²) in [7, 11) is 1.55. The van der Waals surface area contributed by atoms with Gasteiger partial charge in [-0.2, -0.15) is 0 Å². The molecule has 1 spiro atoms. The zero-order chi connectivity index (χ0) is 23.2. The summed E-state index contributed by atoms with van der Waals surface area (Å²) < 4.78 is 17.5. The number of aromatic hydroxyl groups is 1. The van der Waals surface area contributed by atoms with Crippen LogP contribution in [0.5, 0.6) is 23.0 Å². The maximum atomic E-state index is 13.0. The number of esters is 1. The Morgan fingerprint density at radius 2 is 1.79 bits per heavy atom. The number of hydrogen-bond donors (Lipinski definition) is 2. The third-order valence-corrected chi connectivity index (χ3v) is 6.08. The van der Waals surface area contributed by atoms with Crippen molar-refractivity contribution in [2.75, 3.05) is 13.7 Å². The van der Waals surface area contributed by atoms with Crippen LogP contribution in [-0.4, -0.2) is 30.6 Å². The van der Waals surface area contributed by atoms with Gasteiger partial charge in [0.1, 0.15) is 23.0 Å². The maximum Gasteiger partial charge on any atom is 0.340 e. The van der Waals surface area contributed by atoms with Gasteiger partial charge in [0.25, 0.3) is 5.91 Å². The molecule has 0 bridgehead atoms. The van der Waals surface area contributed by atoms with E-state index >= 15 is 0 Å². The van der Waals surface area contributed by atoms with Crippen LogP contribution in [0, 0.1) is 0 Å². The van der Waals surface area contributed by atoms with Crippen molar-refractivity contribution in [2.24, 2.45) is 0 Å². The van der Waals surface area contributed by atoms with E-state index < -0.39 is 11.6 Å². The predicted octanol–water partition coefficient (Wildman–Crippen LogP) is 4.50. The van der Waals surface area contributed by atoms with Crippen molar-refractivity contribution < 1.29 is 28.9 Å². The first-order valence-corrected chi connectivity index (χ1v) is 10.8. The molecule has 3 aromatic carbocycles. The van der Waals surface area contributed by atoms with E-state index in [9.17, 15) is 14.7 Å². The Morgan fingerprint density at radius 1 is 1.03 bits per heavy atom. The van der Waals surface area contributed by atoms with E-state index in [-0.39, 0.29) is 11.7 Å². The Kier molecular flexibility index (Phi) is 4.96. The van der Waals surface area contributed by atoms with Crippen LogP contribution in [0.3, 0.4) is 0 Å². The first kappa shape index (κ1) is 20.9. The van der Waals surface area contributed by atoms with Gasteiger partial charge >= 0.3 is 5.97 Å². The molecule has 1 atom stereocenters. The average molecular weight is 445 g/mol. The van der Waals surface area contributed by atoms with Crippen LogP contribution in [0.2, 0.25) is 0 Å². The molecule has 7 nitrogen and oxygen atoms in total. The summed E-state index contributed by atoms with van der Waals surface area (Å²) in [5, 5.41) is 13.0. The summed E-state index contributed by atoms with van der Waals surface area (Å²) in [5.74, 6) is 0.671. The van der Waals surface area contributed by atoms with Crippen molar-refractivity contribution in [3.8, 4) is 23.0 Å². The fourth-order valence-corrected chi connectivity index (χ4v) is 4.44. The third-order valence-electron chi connectivity index (χ3n) is 6.08. The molecule has 1 amide bonds. The Morgan fingerprint density at radius 3 is 2.55 bits per heavy atom. The molecule has 0 fully saturated rings. The maximum absolute atomic E-state index is 13.0. The Hall–Kier alpha value is -4.00. The van der Waals surface area contributed by atoms with E-state index in [0.29, 0.717) is 51.6 Å². The summed E-state index contributed by atoms with van der Waals surface area (Å²) in [6, 6.07) is 14.9. The summed E-state index contributed by atoms with van der Waals surface area (Å²) in [6.45, 7) is 2.63. The smallest absolute Gasteiger partial charge is 0.340 e. The first-order valence-electron chi connectivity index (χ1n) is 10.8. The van der Waals surface area contributed by atoms with E-state index in [1.807, 2.05) is 0 Å². The van der Waals surface area contributed by atoms with Crippen LogP contribution >= 0.6 is 0 Å². The average Bonchev–Trinajstić information content (AvgIpc) is 3.11. The van der Waals surface area contributed by atoms with Gasteiger partial charge in [0.05, 0.1) is 12.7 Å². The van der Waals surface area contributed by atoms with E-state index in [0.717, 1.165) is 12.8 Å². The number of phenols is 1. The van der Waals surface area contributed by atoms with Crippen molar-refractivity contribution in [1.82, 2.24) is 5.32 Å². The van der Waals surface area contributed by atoms with E-state index in [1.54, 1.807) is 49.6 Å². The molecule has 0 saturated carbocycles. The van der Waals surface area contributed by atoms with Gasteiger partial charge in [-0.15, -0.1) is 0 Å². The van der Waals surface area contributed by atoms with Gasteiger partial charge in [0, 0.05) is 40.9 Å². The SMILES string of the molecule is CCCCNC(=O)c1ccc2c(c1)C1(OC2=O)c2ccc(O)cc2Oc2cc(OC)ccc21. The fraction of sp³-hybridized carbons (Fsp3) is 0.231. The third kappa shape index (κ3) is 3.19. The first-order chi connectivity index (χ1) is 16.0. The number of methoxy groups -OCH3 is 1. The van der Waals surface area contributed by atoms with E-state index in [2.05, 4.69) is 12.2 Å². The summed E-state index contributed by atoms with van der Waals surface area (Å²) in [6.07, 6.45) is 1.85. The van der Waals surface area contributed by atoms with Gasteiger partial charge < -0.3 is 24.6 Å². The molecular weight excluding hydrogens is 422 g/mol. The molecule has 0 aliphatic carbocycles. The lowest BCUT2D eigenvalue weighted by Crippen LogP contribution is -2.33. The highest BCUT2D eigenvalue weighted by molar-refractivity contribution is 6.00. The number of carbonyl (C=O) groups excluding carboxylic acids is 2.